The van der Waals surface area contributed by atoms with Gasteiger partial charge in [0.1, 0.15) is 30.5 Å². The van der Waals surface area contributed by atoms with E-state index in [0.717, 1.165) is 12.8 Å². The molecule has 39 heavy (non-hydrogen) atoms. The van der Waals surface area contributed by atoms with E-state index in [1.165, 1.54) is 0 Å². The van der Waals surface area contributed by atoms with Gasteiger partial charge >= 0.3 is 5.97 Å². The average Bonchev–Trinajstić information content (AvgIpc) is 3.35. The highest BCUT2D eigenvalue weighted by molar-refractivity contribution is 5.75. The summed E-state index contributed by atoms with van der Waals surface area (Å²) in [6, 6.07) is 0. The second-order valence-corrected chi connectivity index (χ2v) is 14.0. The molecule has 1 unspecified atom stereocenters. The van der Waals surface area contributed by atoms with Crippen LogP contribution in [0.2, 0.25) is 0 Å². The van der Waals surface area contributed by atoms with Crippen LogP contribution in [0.4, 0.5) is 0 Å². The van der Waals surface area contributed by atoms with E-state index < -0.39 is 35.6 Å². The Labute approximate surface area is 234 Å². The van der Waals surface area contributed by atoms with Crippen molar-refractivity contribution < 1.29 is 43.1 Å². The molecule has 0 aromatic heterocycles. The number of aliphatic hydroxyl groups is 1. The Morgan fingerprint density at radius 1 is 0.974 bits per heavy atom. The Hall–Kier alpha value is -0.810. The lowest BCUT2D eigenvalue weighted by Crippen LogP contribution is -2.61. The van der Waals surface area contributed by atoms with E-state index in [4.69, 9.17) is 33.2 Å². The summed E-state index contributed by atoms with van der Waals surface area (Å²) in [5, 5.41) is 11.5. The van der Waals surface area contributed by atoms with Gasteiger partial charge in [0, 0.05) is 12.8 Å². The molecule has 4 saturated heterocycles. The van der Waals surface area contributed by atoms with Gasteiger partial charge in [-0.05, 0) is 59.3 Å². The van der Waals surface area contributed by atoms with Crippen LogP contribution < -0.4 is 0 Å². The van der Waals surface area contributed by atoms with Gasteiger partial charge in [-0.25, -0.2) is 0 Å². The van der Waals surface area contributed by atoms with Crippen molar-refractivity contribution in [2.45, 2.75) is 155 Å². The van der Waals surface area contributed by atoms with Crippen LogP contribution >= 0.6 is 0 Å². The number of hydrogen-bond donors (Lipinski definition) is 1. The third-order valence-electron chi connectivity index (χ3n) is 8.32. The first-order valence-electron chi connectivity index (χ1n) is 14.9. The molecule has 4 aliphatic heterocycles. The fourth-order valence-electron chi connectivity index (χ4n) is 6.38. The summed E-state index contributed by atoms with van der Waals surface area (Å²) in [5.74, 6) is -0.207. The SMILES string of the molecule is CC(C)C(O[C@@H]1[C@@H]2O[C@H]3CCC(CCOC(=O)C(C)(C)C)O[C@@H]3[C@@H](O)[C@@H]2O[C@@H]1C[C@@H]1COC(C)(C)O1)C(C)C. The van der Waals surface area contributed by atoms with Crippen molar-refractivity contribution in [1.29, 1.82) is 0 Å². The second-order valence-electron chi connectivity index (χ2n) is 14.0. The minimum Gasteiger partial charge on any atom is -0.465 e. The van der Waals surface area contributed by atoms with Gasteiger partial charge < -0.3 is 38.3 Å². The average molecular weight is 557 g/mol. The monoisotopic (exact) mass is 556 g/mol. The van der Waals surface area contributed by atoms with Crippen molar-refractivity contribution in [1.82, 2.24) is 0 Å². The highest BCUT2D eigenvalue weighted by atomic mass is 16.7. The second kappa shape index (κ2) is 12.2. The molecule has 0 aromatic carbocycles. The molecule has 0 radical (unpaired) electrons. The lowest BCUT2D eigenvalue weighted by atomic mass is 9.87. The predicted octanol–water partition coefficient (Wildman–Crippen LogP) is 4.02. The largest absolute Gasteiger partial charge is 0.465 e. The Balaban J connectivity index is 1.43. The van der Waals surface area contributed by atoms with E-state index in [1.807, 2.05) is 34.6 Å². The molecular formula is C30H52O9. The fourth-order valence-corrected chi connectivity index (χ4v) is 6.38. The van der Waals surface area contributed by atoms with Crippen molar-refractivity contribution in [3.8, 4) is 0 Å². The Morgan fingerprint density at radius 3 is 2.26 bits per heavy atom. The number of ether oxygens (including phenoxy) is 7. The van der Waals surface area contributed by atoms with Gasteiger partial charge in [0.15, 0.2) is 5.79 Å². The van der Waals surface area contributed by atoms with Crippen molar-refractivity contribution in [2.24, 2.45) is 17.3 Å². The normalized spacial score (nSPS) is 38.3. The minimum absolute atomic E-state index is 0.0262. The molecule has 4 heterocycles. The van der Waals surface area contributed by atoms with Gasteiger partial charge in [0.05, 0.1) is 49.1 Å². The third-order valence-corrected chi connectivity index (χ3v) is 8.32. The highest BCUT2D eigenvalue weighted by Gasteiger charge is 2.58. The van der Waals surface area contributed by atoms with Crippen molar-refractivity contribution >= 4 is 5.97 Å². The number of hydrogen-bond acceptors (Lipinski definition) is 9. The molecule has 9 nitrogen and oxygen atoms in total. The van der Waals surface area contributed by atoms with Crippen LogP contribution in [-0.4, -0.2) is 91.1 Å². The zero-order valence-electron chi connectivity index (χ0n) is 25.4. The molecule has 4 aliphatic rings. The summed E-state index contributed by atoms with van der Waals surface area (Å²) in [7, 11) is 0. The van der Waals surface area contributed by atoms with Gasteiger partial charge in [-0.2, -0.15) is 0 Å². The number of aliphatic hydroxyl groups excluding tert-OH is 1. The Bertz CT molecular complexity index is 814. The summed E-state index contributed by atoms with van der Waals surface area (Å²) in [5.41, 5.74) is -0.536. The van der Waals surface area contributed by atoms with Gasteiger partial charge in [0.25, 0.3) is 0 Å². The van der Waals surface area contributed by atoms with Crippen molar-refractivity contribution in [3.63, 3.8) is 0 Å². The zero-order chi connectivity index (χ0) is 28.7. The number of carbonyl (C=O) groups excluding carboxylic acids is 1. The van der Waals surface area contributed by atoms with Gasteiger partial charge in [0.2, 0.25) is 0 Å². The summed E-state index contributed by atoms with van der Waals surface area (Å²) < 4.78 is 43.6. The summed E-state index contributed by atoms with van der Waals surface area (Å²) in [6.07, 6.45) is -0.684. The lowest BCUT2D eigenvalue weighted by molar-refractivity contribution is -0.263. The van der Waals surface area contributed by atoms with Crippen molar-refractivity contribution in [2.75, 3.05) is 13.2 Å². The predicted molar refractivity (Wildman–Crippen MR) is 144 cm³/mol. The van der Waals surface area contributed by atoms with Crippen LogP contribution in [0.5, 0.6) is 0 Å². The Morgan fingerprint density at radius 2 is 1.67 bits per heavy atom. The number of fused-ring (bicyclic) bond motifs is 2. The van der Waals surface area contributed by atoms with Crippen LogP contribution in [-0.2, 0) is 38.0 Å². The molecule has 0 amide bonds. The van der Waals surface area contributed by atoms with Crippen LogP contribution in [0.3, 0.4) is 0 Å². The van der Waals surface area contributed by atoms with Gasteiger partial charge in [-0.1, -0.05) is 27.7 Å². The third kappa shape index (κ3) is 7.34. The van der Waals surface area contributed by atoms with Gasteiger partial charge in [-0.15, -0.1) is 0 Å². The molecule has 9 atom stereocenters. The molecule has 9 heteroatoms. The lowest BCUT2D eigenvalue weighted by Gasteiger charge is -2.47. The molecule has 0 spiro atoms. The Kier molecular flexibility index (Phi) is 9.74. The molecule has 0 saturated carbocycles. The van der Waals surface area contributed by atoms with E-state index in [2.05, 4.69) is 27.7 Å². The maximum atomic E-state index is 12.1. The molecule has 0 aromatic rings. The minimum atomic E-state index is -0.849. The molecule has 4 fully saturated rings. The topological polar surface area (TPSA) is 102 Å². The van der Waals surface area contributed by atoms with Crippen LogP contribution in [0.25, 0.3) is 0 Å². The van der Waals surface area contributed by atoms with E-state index in [1.54, 1.807) is 0 Å². The molecule has 4 rings (SSSR count). The maximum Gasteiger partial charge on any atom is 0.311 e. The smallest absolute Gasteiger partial charge is 0.311 e. The first kappa shape index (κ1) is 31.1. The van der Waals surface area contributed by atoms with E-state index in [0.29, 0.717) is 37.9 Å². The van der Waals surface area contributed by atoms with Crippen LogP contribution in [0.15, 0.2) is 0 Å². The van der Waals surface area contributed by atoms with Gasteiger partial charge in [-0.3, -0.25) is 4.79 Å². The first-order chi connectivity index (χ1) is 18.2. The van der Waals surface area contributed by atoms with Crippen molar-refractivity contribution in [3.05, 3.63) is 0 Å². The maximum absolute atomic E-state index is 12.1. The van der Waals surface area contributed by atoms with E-state index in [9.17, 15) is 9.90 Å². The summed E-state index contributed by atoms with van der Waals surface area (Å²) in [4.78, 5) is 12.1. The quantitative estimate of drug-likeness (QED) is 0.422. The zero-order valence-corrected chi connectivity index (χ0v) is 25.4. The van der Waals surface area contributed by atoms with E-state index >= 15 is 0 Å². The first-order valence-corrected chi connectivity index (χ1v) is 14.9. The molecule has 1 N–H and O–H groups in total. The fraction of sp³-hybridized carbons (Fsp3) is 0.967. The number of esters is 1. The van der Waals surface area contributed by atoms with E-state index in [-0.39, 0.29) is 42.6 Å². The number of rotatable bonds is 9. The summed E-state index contributed by atoms with van der Waals surface area (Å²) in [6.45, 7) is 18.8. The molecule has 0 bridgehead atoms. The molecular weight excluding hydrogens is 504 g/mol. The summed E-state index contributed by atoms with van der Waals surface area (Å²) >= 11 is 0. The molecule has 226 valence electrons. The number of carbonyl (C=O) groups is 1. The molecule has 0 aliphatic carbocycles. The van der Waals surface area contributed by atoms with Crippen LogP contribution in [0.1, 0.15) is 88.0 Å². The highest BCUT2D eigenvalue weighted by Crippen LogP contribution is 2.43. The van der Waals surface area contributed by atoms with Crippen LogP contribution in [0, 0.1) is 17.3 Å². The standard InChI is InChI=1S/C30H52O9/c1-16(2)23(17(3)4)38-25-21(14-19-15-34-30(8,9)39-19)37-26-22(31)24-20(36-27(25)26)11-10-18(35-24)12-13-33-28(32)29(5,6)7/h16-27,31H,10-15H2,1-9H3/t18?,19-,20+,21-,22-,24+,25+,26+,27+/m1/s1.